The van der Waals surface area contributed by atoms with E-state index in [1.165, 1.54) is 0 Å². The number of hydrogen-bond donors (Lipinski definition) is 0. The first kappa shape index (κ1) is 17.3. The zero-order chi connectivity index (χ0) is 16.9. The third-order valence-electron chi connectivity index (χ3n) is 4.57. The van der Waals surface area contributed by atoms with E-state index in [1.54, 1.807) is 12.3 Å². The van der Waals surface area contributed by atoms with Crippen molar-refractivity contribution in [2.45, 2.75) is 58.5 Å². The van der Waals surface area contributed by atoms with Gasteiger partial charge in [0.2, 0.25) is 0 Å². The highest BCUT2D eigenvalue weighted by atomic mass is 28.4. The van der Waals surface area contributed by atoms with Crippen LogP contribution < -0.4 is 9.61 Å². The van der Waals surface area contributed by atoms with Crippen LogP contribution in [0.2, 0.25) is 37.8 Å². The molecule has 2 rings (SSSR count). The summed E-state index contributed by atoms with van der Waals surface area (Å²) in [5.41, 5.74) is 0.680. The molecule has 22 heavy (non-hydrogen) atoms. The van der Waals surface area contributed by atoms with Crippen molar-refractivity contribution >= 4 is 32.5 Å². The smallest absolute Gasteiger partial charge is 0.250 e. The lowest BCUT2D eigenvalue weighted by atomic mass is 10.2. The predicted octanol–water partition coefficient (Wildman–Crippen LogP) is 5.50. The van der Waals surface area contributed by atoms with E-state index in [0.717, 1.165) is 10.6 Å². The van der Waals surface area contributed by atoms with Gasteiger partial charge in [-0.3, -0.25) is 0 Å². The standard InChI is InChI=1S/C17H27FO2Si2/c1-17(2,3)22(7,8)20-13-11-12-9-10-19-15(12)16(14(13)18)21(4,5)6/h9-11H,1-8H3. The summed E-state index contributed by atoms with van der Waals surface area (Å²) in [4.78, 5) is 0. The van der Waals surface area contributed by atoms with Crippen LogP contribution in [0, 0.1) is 5.82 Å². The van der Waals surface area contributed by atoms with Crippen LogP contribution in [0.15, 0.2) is 22.8 Å². The van der Waals surface area contributed by atoms with Gasteiger partial charge in [-0.25, -0.2) is 4.39 Å². The minimum atomic E-state index is -2.08. The molecule has 0 spiro atoms. The van der Waals surface area contributed by atoms with Crippen LogP contribution in [0.25, 0.3) is 11.0 Å². The minimum Gasteiger partial charge on any atom is -0.542 e. The maximum atomic E-state index is 15.2. The fraction of sp³-hybridized carbons (Fsp3) is 0.529. The van der Waals surface area contributed by atoms with Gasteiger partial charge < -0.3 is 8.84 Å². The van der Waals surface area contributed by atoms with Crippen LogP contribution >= 0.6 is 0 Å². The van der Waals surface area contributed by atoms with Crippen molar-refractivity contribution in [3.05, 3.63) is 24.2 Å². The fourth-order valence-electron chi connectivity index (χ4n) is 2.24. The molecular formula is C17H27FO2Si2. The highest BCUT2D eigenvalue weighted by Crippen LogP contribution is 2.38. The first-order valence-electron chi connectivity index (χ1n) is 7.74. The molecule has 0 bridgehead atoms. The normalized spacial score (nSPS) is 13.7. The summed E-state index contributed by atoms with van der Waals surface area (Å²) in [5.74, 6) is 0.157. The van der Waals surface area contributed by atoms with Gasteiger partial charge in [-0.15, -0.1) is 0 Å². The van der Waals surface area contributed by atoms with Gasteiger partial charge in [0.25, 0.3) is 8.32 Å². The van der Waals surface area contributed by atoms with Gasteiger partial charge in [0, 0.05) is 10.6 Å². The molecule has 0 N–H and O–H groups in total. The van der Waals surface area contributed by atoms with Gasteiger partial charge in [0.05, 0.1) is 14.3 Å². The molecular weight excluding hydrogens is 311 g/mol. The summed E-state index contributed by atoms with van der Waals surface area (Å²) in [7, 11) is -3.97. The van der Waals surface area contributed by atoms with Crippen molar-refractivity contribution in [3.63, 3.8) is 0 Å². The first-order valence-corrected chi connectivity index (χ1v) is 14.1. The molecule has 0 atom stereocenters. The van der Waals surface area contributed by atoms with E-state index >= 15 is 4.39 Å². The van der Waals surface area contributed by atoms with Crippen LogP contribution in [-0.2, 0) is 0 Å². The van der Waals surface area contributed by atoms with Crippen LogP contribution in [0.3, 0.4) is 0 Å². The summed E-state index contributed by atoms with van der Waals surface area (Å²) in [6.45, 7) is 17.1. The van der Waals surface area contributed by atoms with E-state index in [9.17, 15) is 0 Å². The zero-order valence-corrected chi connectivity index (χ0v) is 16.9. The Morgan fingerprint density at radius 3 is 2.18 bits per heavy atom. The van der Waals surface area contributed by atoms with Crippen LogP contribution in [0.4, 0.5) is 4.39 Å². The number of hydrogen-bond acceptors (Lipinski definition) is 2. The SMILES string of the molecule is CC(C)(C)[Si](C)(C)Oc1cc2ccoc2c([Si](C)(C)C)c1F. The third kappa shape index (κ3) is 3.01. The highest BCUT2D eigenvalue weighted by Gasteiger charge is 2.40. The molecule has 2 aromatic rings. The lowest BCUT2D eigenvalue weighted by Gasteiger charge is -2.37. The molecule has 122 valence electrons. The van der Waals surface area contributed by atoms with Crippen LogP contribution in [0.1, 0.15) is 20.8 Å². The monoisotopic (exact) mass is 338 g/mol. The predicted molar refractivity (Wildman–Crippen MR) is 97.0 cm³/mol. The Morgan fingerprint density at radius 2 is 1.68 bits per heavy atom. The van der Waals surface area contributed by atoms with Gasteiger partial charge in [0.1, 0.15) is 11.3 Å². The zero-order valence-electron chi connectivity index (χ0n) is 14.9. The average molecular weight is 339 g/mol. The molecule has 1 aromatic heterocycles. The molecule has 0 saturated heterocycles. The number of rotatable bonds is 3. The van der Waals surface area contributed by atoms with Gasteiger partial charge >= 0.3 is 0 Å². The van der Waals surface area contributed by atoms with Crippen molar-refractivity contribution in [1.82, 2.24) is 0 Å². The molecule has 2 nitrogen and oxygen atoms in total. The molecule has 5 heteroatoms. The lowest BCUT2D eigenvalue weighted by molar-refractivity contribution is 0.459. The maximum Gasteiger partial charge on any atom is 0.250 e. The van der Waals surface area contributed by atoms with E-state index in [2.05, 4.69) is 53.5 Å². The van der Waals surface area contributed by atoms with Crippen molar-refractivity contribution in [1.29, 1.82) is 0 Å². The highest BCUT2D eigenvalue weighted by molar-refractivity contribution is 6.90. The Bertz CT molecular complexity index is 691. The van der Waals surface area contributed by atoms with Crippen molar-refractivity contribution < 1.29 is 13.2 Å². The van der Waals surface area contributed by atoms with Gasteiger partial charge in [-0.05, 0) is 30.3 Å². The second kappa shape index (κ2) is 5.23. The lowest BCUT2D eigenvalue weighted by Crippen LogP contribution is -2.45. The average Bonchev–Trinajstić information content (AvgIpc) is 2.73. The van der Waals surface area contributed by atoms with Crippen LogP contribution in [0.5, 0.6) is 5.75 Å². The fourth-order valence-corrected chi connectivity index (χ4v) is 4.91. The molecule has 0 radical (unpaired) electrons. The van der Waals surface area contributed by atoms with E-state index in [1.807, 2.05) is 6.07 Å². The third-order valence-corrected chi connectivity index (χ3v) is 10.9. The van der Waals surface area contributed by atoms with Crippen molar-refractivity contribution in [2.75, 3.05) is 0 Å². The van der Waals surface area contributed by atoms with Crippen molar-refractivity contribution in [2.24, 2.45) is 0 Å². The quantitative estimate of drug-likeness (QED) is 0.689. The molecule has 1 heterocycles. The summed E-state index contributed by atoms with van der Waals surface area (Å²) >= 11 is 0. The van der Waals surface area contributed by atoms with Crippen molar-refractivity contribution in [3.8, 4) is 5.75 Å². The van der Waals surface area contributed by atoms with E-state index in [4.69, 9.17) is 8.84 Å². The maximum absolute atomic E-state index is 15.2. The van der Waals surface area contributed by atoms with Gasteiger partial charge in [-0.1, -0.05) is 40.4 Å². The van der Waals surface area contributed by atoms with E-state index < -0.39 is 16.4 Å². The first-order chi connectivity index (χ1) is 9.84. The summed E-state index contributed by atoms with van der Waals surface area (Å²) in [6.07, 6.45) is 1.63. The Labute approximate surface area is 134 Å². The molecule has 0 saturated carbocycles. The molecule has 0 amide bonds. The topological polar surface area (TPSA) is 22.4 Å². The summed E-state index contributed by atoms with van der Waals surface area (Å²) < 4.78 is 27.0. The summed E-state index contributed by atoms with van der Waals surface area (Å²) in [6, 6.07) is 3.68. The van der Waals surface area contributed by atoms with Crippen LogP contribution in [-0.4, -0.2) is 16.4 Å². The minimum absolute atomic E-state index is 0.0319. The largest absolute Gasteiger partial charge is 0.542 e. The van der Waals surface area contributed by atoms with Gasteiger partial charge in [0.15, 0.2) is 5.82 Å². The Balaban J connectivity index is 2.64. The molecule has 0 aliphatic rings. The Kier molecular flexibility index (Phi) is 4.11. The van der Waals surface area contributed by atoms with E-state index in [-0.39, 0.29) is 10.9 Å². The second-order valence-electron chi connectivity index (χ2n) is 8.52. The molecule has 0 aliphatic heterocycles. The Hall–Kier alpha value is -1.08. The molecule has 0 fully saturated rings. The molecule has 0 aliphatic carbocycles. The molecule has 1 aromatic carbocycles. The van der Waals surface area contributed by atoms with Gasteiger partial charge in [-0.2, -0.15) is 0 Å². The second-order valence-corrected chi connectivity index (χ2v) is 18.2. The number of benzene rings is 1. The Morgan fingerprint density at radius 1 is 1.09 bits per heavy atom. The van der Waals surface area contributed by atoms with E-state index in [0.29, 0.717) is 11.3 Å². The number of halogens is 1. The molecule has 0 unspecified atom stereocenters. The summed E-state index contributed by atoms with van der Waals surface area (Å²) in [5, 5.41) is 1.68. The number of fused-ring (bicyclic) bond motifs is 1. The number of furan rings is 1.